The number of carbonyl (C=O) groups is 1. The third-order valence-corrected chi connectivity index (χ3v) is 12.5. The lowest BCUT2D eigenvalue weighted by Gasteiger charge is -2.46. The monoisotopic (exact) mass is 432 g/mol. The van der Waals surface area contributed by atoms with E-state index in [0.29, 0.717) is 0 Å². The summed E-state index contributed by atoms with van der Waals surface area (Å²) in [6, 6.07) is 2.09. The van der Waals surface area contributed by atoms with Crippen LogP contribution in [0.2, 0.25) is 18.1 Å². The molecule has 6 nitrogen and oxygen atoms in total. The van der Waals surface area contributed by atoms with E-state index in [2.05, 4.69) is 60.8 Å². The second-order valence-electron chi connectivity index (χ2n) is 10.0. The van der Waals surface area contributed by atoms with Gasteiger partial charge in [-0.25, -0.2) is 0 Å². The van der Waals surface area contributed by atoms with Crippen molar-refractivity contribution in [1.82, 2.24) is 15.5 Å². The predicted molar refractivity (Wildman–Crippen MR) is 121 cm³/mol. The highest BCUT2D eigenvalue weighted by Crippen LogP contribution is 2.44. The second kappa shape index (κ2) is 6.96. The molecule has 1 spiro atoms. The van der Waals surface area contributed by atoms with Crippen LogP contribution < -0.4 is 10.6 Å². The fraction of sp³-hybridized carbons (Fsp3) is 0.619. The molecule has 0 atom stereocenters. The van der Waals surface area contributed by atoms with E-state index >= 15 is 0 Å². The van der Waals surface area contributed by atoms with E-state index < -0.39 is 8.32 Å². The van der Waals surface area contributed by atoms with E-state index in [1.165, 1.54) is 11.3 Å². The lowest BCUT2D eigenvalue weighted by atomic mass is 9.85. The van der Waals surface area contributed by atoms with Crippen molar-refractivity contribution < 1.29 is 9.22 Å². The molecule has 2 aromatic heterocycles. The van der Waals surface area contributed by atoms with Crippen LogP contribution in [0.4, 0.5) is 5.69 Å². The maximum absolute atomic E-state index is 12.9. The molecule has 0 saturated heterocycles. The van der Waals surface area contributed by atoms with Gasteiger partial charge in [-0.1, -0.05) is 20.8 Å². The van der Waals surface area contributed by atoms with Crippen LogP contribution >= 0.6 is 11.3 Å². The Morgan fingerprint density at radius 2 is 1.93 bits per heavy atom. The van der Waals surface area contributed by atoms with Crippen LogP contribution in [-0.2, 0) is 4.43 Å². The number of fused-ring (bicyclic) bond motifs is 1. The highest BCUT2D eigenvalue weighted by atomic mass is 32.1. The molecule has 0 radical (unpaired) electrons. The summed E-state index contributed by atoms with van der Waals surface area (Å²) in [4.78, 5) is 14.7. The number of rotatable bonds is 3. The molecule has 1 aliphatic carbocycles. The number of thiophene rings is 1. The van der Waals surface area contributed by atoms with Crippen LogP contribution in [0, 0.1) is 6.92 Å². The minimum atomic E-state index is -1.77. The lowest BCUT2D eigenvalue weighted by molar-refractivity contribution is 0.0758. The van der Waals surface area contributed by atoms with Crippen LogP contribution in [0.5, 0.6) is 0 Å². The number of amides is 1. The van der Waals surface area contributed by atoms with E-state index in [4.69, 9.17) is 4.43 Å². The van der Waals surface area contributed by atoms with Crippen molar-refractivity contribution in [3.05, 3.63) is 22.8 Å². The number of aryl methyl sites for hydroxylation is 1. The SMILES string of the molecule is Cc1[nH]ncc1-c1cc2c(s1)C(=O)NC1(CCC(O[Si](C)(C)C(C)(C)C)CC1)N2. The molecule has 0 unspecified atom stereocenters. The molecule has 0 aromatic carbocycles. The number of carbonyl (C=O) groups excluding carboxylic acids is 1. The fourth-order valence-corrected chi connectivity index (χ4v) is 6.49. The van der Waals surface area contributed by atoms with Crippen molar-refractivity contribution in [2.45, 2.75) is 83.3 Å². The van der Waals surface area contributed by atoms with Gasteiger partial charge in [-0.2, -0.15) is 5.10 Å². The molecule has 1 aliphatic heterocycles. The van der Waals surface area contributed by atoms with Crippen LogP contribution in [0.3, 0.4) is 0 Å². The molecular formula is C21H32N4O2SSi. The van der Waals surface area contributed by atoms with E-state index in [1.54, 1.807) is 0 Å². The third-order valence-electron chi connectivity index (χ3n) is 6.81. The quantitative estimate of drug-likeness (QED) is 0.578. The molecule has 29 heavy (non-hydrogen) atoms. The highest BCUT2D eigenvalue weighted by molar-refractivity contribution is 7.18. The van der Waals surface area contributed by atoms with Gasteiger partial charge in [0.15, 0.2) is 8.32 Å². The van der Waals surface area contributed by atoms with Gasteiger partial charge < -0.3 is 15.1 Å². The minimum Gasteiger partial charge on any atom is -0.414 e. The van der Waals surface area contributed by atoms with Crippen molar-refractivity contribution in [3.8, 4) is 10.4 Å². The van der Waals surface area contributed by atoms with E-state index in [9.17, 15) is 4.79 Å². The third kappa shape index (κ3) is 3.78. The topological polar surface area (TPSA) is 79.0 Å². The highest BCUT2D eigenvalue weighted by Gasteiger charge is 2.45. The molecule has 1 saturated carbocycles. The summed E-state index contributed by atoms with van der Waals surface area (Å²) in [6.07, 6.45) is 5.80. The zero-order chi connectivity index (χ0) is 21.0. The number of aromatic amines is 1. The van der Waals surface area contributed by atoms with Gasteiger partial charge in [0.25, 0.3) is 5.91 Å². The predicted octanol–water partition coefficient (Wildman–Crippen LogP) is 5.26. The molecule has 1 amide bonds. The first-order valence-electron chi connectivity index (χ1n) is 10.4. The number of nitrogens with one attached hydrogen (secondary N) is 3. The van der Waals surface area contributed by atoms with Gasteiger partial charge in [0.05, 0.1) is 11.9 Å². The fourth-order valence-electron chi connectivity index (χ4n) is 3.99. The molecule has 3 N–H and O–H groups in total. The molecule has 4 rings (SSSR count). The summed E-state index contributed by atoms with van der Waals surface area (Å²) in [7, 11) is -1.77. The Balaban J connectivity index is 1.48. The normalized spacial score (nSPS) is 24.9. The van der Waals surface area contributed by atoms with Gasteiger partial charge >= 0.3 is 0 Å². The second-order valence-corrected chi connectivity index (χ2v) is 15.8. The average molecular weight is 433 g/mol. The van der Waals surface area contributed by atoms with Crippen molar-refractivity contribution in [1.29, 1.82) is 0 Å². The summed E-state index contributed by atoms with van der Waals surface area (Å²) in [5, 5.41) is 14.2. The Morgan fingerprint density at radius 1 is 1.24 bits per heavy atom. The molecule has 8 heteroatoms. The summed E-state index contributed by atoms with van der Waals surface area (Å²) in [6.45, 7) is 13.5. The molecule has 1 fully saturated rings. The Bertz CT molecular complexity index is 920. The Kier molecular flexibility index (Phi) is 4.95. The molecule has 158 valence electrons. The van der Waals surface area contributed by atoms with Gasteiger partial charge in [-0.15, -0.1) is 11.3 Å². The molecule has 3 heterocycles. The summed E-state index contributed by atoms with van der Waals surface area (Å²) < 4.78 is 6.63. The molecular weight excluding hydrogens is 400 g/mol. The Hall–Kier alpha value is -1.64. The summed E-state index contributed by atoms with van der Waals surface area (Å²) in [5.41, 5.74) is 2.65. The van der Waals surface area contributed by atoms with Crippen LogP contribution in [-0.4, -0.2) is 36.2 Å². The lowest BCUT2D eigenvalue weighted by Crippen LogP contribution is -2.60. The van der Waals surface area contributed by atoms with Gasteiger partial charge in [0.2, 0.25) is 0 Å². The van der Waals surface area contributed by atoms with E-state index in [0.717, 1.165) is 52.4 Å². The van der Waals surface area contributed by atoms with Crippen molar-refractivity contribution in [2.24, 2.45) is 0 Å². The summed E-state index contributed by atoms with van der Waals surface area (Å²) in [5.74, 6) is 0.0277. The zero-order valence-corrected chi connectivity index (χ0v) is 20.0. The van der Waals surface area contributed by atoms with Gasteiger partial charge in [-0.05, 0) is 56.8 Å². The first-order valence-corrected chi connectivity index (χ1v) is 14.1. The Labute approximate surface area is 178 Å². The van der Waals surface area contributed by atoms with Gasteiger partial charge in [-0.3, -0.25) is 9.89 Å². The minimum absolute atomic E-state index is 0.0277. The largest absolute Gasteiger partial charge is 0.414 e. The first-order chi connectivity index (χ1) is 13.5. The number of nitrogens with zero attached hydrogens (tertiary/aromatic N) is 1. The Morgan fingerprint density at radius 3 is 2.52 bits per heavy atom. The van der Waals surface area contributed by atoms with Crippen molar-refractivity contribution >= 4 is 31.2 Å². The number of anilines is 1. The number of H-pyrrole nitrogens is 1. The maximum atomic E-state index is 12.9. The number of hydrogen-bond donors (Lipinski definition) is 3. The zero-order valence-electron chi connectivity index (χ0n) is 18.2. The standard InChI is InChI=1S/C21H32N4O2SSi/c1-13-15(12-22-25-13)17-11-16-18(28-17)19(26)24-21(23-16)9-7-14(8-10-21)27-29(5,6)20(2,3)4/h11-12,14,23H,7-10H2,1-6H3,(H,22,25)(H,24,26). The average Bonchev–Trinajstić information content (AvgIpc) is 3.22. The number of aromatic nitrogens is 2. The van der Waals surface area contributed by atoms with Gasteiger partial charge in [0.1, 0.15) is 10.5 Å². The van der Waals surface area contributed by atoms with Gasteiger partial charge in [0, 0.05) is 22.2 Å². The van der Waals surface area contributed by atoms with Crippen LogP contribution in [0.15, 0.2) is 12.3 Å². The maximum Gasteiger partial charge on any atom is 0.265 e. The smallest absolute Gasteiger partial charge is 0.265 e. The van der Waals surface area contributed by atoms with Crippen molar-refractivity contribution in [2.75, 3.05) is 5.32 Å². The van der Waals surface area contributed by atoms with E-state index in [-0.39, 0.29) is 22.7 Å². The van der Waals surface area contributed by atoms with Crippen LogP contribution in [0.25, 0.3) is 10.4 Å². The molecule has 2 aromatic rings. The molecule has 2 aliphatic rings. The van der Waals surface area contributed by atoms with Crippen molar-refractivity contribution in [3.63, 3.8) is 0 Å². The molecule has 0 bridgehead atoms. The first kappa shape index (κ1) is 20.6. The number of hydrogen-bond acceptors (Lipinski definition) is 5. The van der Waals surface area contributed by atoms with E-state index in [1.807, 2.05) is 13.1 Å². The summed E-state index contributed by atoms with van der Waals surface area (Å²) >= 11 is 1.52. The van der Waals surface area contributed by atoms with Crippen LogP contribution in [0.1, 0.15) is 61.8 Å².